The smallest absolute Gasteiger partial charge is 0.337 e. The molecule has 4 rings (SSSR count). The zero-order valence-corrected chi connectivity index (χ0v) is 17.6. The Kier molecular flexibility index (Phi) is 6.25. The highest BCUT2D eigenvalue weighted by atomic mass is 35.5. The van der Waals surface area contributed by atoms with Crippen molar-refractivity contribution < 1.29 is 23.8 Å². The van der Waals surface area contributed by atoms with Gasteiger partial charge >= 0.3 is 5.97 Å². The number of esters is 1. The summed E-state index contributed by atoms with van der Waals surface area (Å²) in [6.45, 7) is 1.86. The van der Waals surface area contributed by atoms with Crippen LogP contribution in [0.25, 0.3) is 0 Å². The van der Waals surface area contributed by atoms with Crippen LogP contribution in [-0.4, -0.2) is 43.7 Å². The number of fused-ring (bicyclic) bond motifs is 1. The summed E-state index contributed by atoms with van der Waals surface area (Å²) in [5.41, 5.74) is 2.19. The Hall–Kier alpha value is -2.57. The normalized spacial score (nSPS) is 19.4. The lowest BCUT2D eigenvalue weighted by atomic mass is 9.96. The van der Waals surface area contributed by atoms with E-state index < -0.39 is 5.97 Å². The van der Waals surface area contributed by atoms with Crippen molar-refractivity contribution in [2.75, 3.05) is 26.9 Å². The van der Waals surface area contributed by atoms with Crippen LogP contribution < -0.4 is 4.74 Å². The molecule has 1 saturated heterocycles. The minimum atomic E-state index is -0.424. The van der Waals surface area contributed by atoms with Crippen molar-refractivity contribution in [2.45, 2.75) is 25.4 Å². The van der Waals surface area contributed by atoms with Crippen LogP contribution in [0.2, 0.25) is 5.02 Å². The van der Waals surface area contributed by atoms with E-state index in [0.717, 1.165) is 11.1 Å². The molecule has 0 radical (unpaired) electrons. The number of halogens is 1. The molecule has 2 aliphatic rings. The molecule has 0 aromatic heterocycles. The highest BCUT2D eigenvalue weighted by molar-refractivity contribution is 6.30. The number of hydrogen-bond donors (Lipinski definition) is 0. The van der Waals surface area contributed by atoms with E-state index in [-0.39, 0.29) is 24.5 Å². The Balaban J connectivity index is 1.69. The summed E-state index contributed by atoms with van der Waals surface area (Å²) in [4.78, 5) is 27.3. The molecule has 0 N–H and O–H groups in total. The standard InChI is InChI=1S/C23H24ClNO5/c1-28-23(27)17-5-6-18-13-25(22(26)15-7-9-29-10-8-15)20(14-30-21(18)12-17)16-3-2-4-19(24)11-16/h2-6,11-12,15,20H,7-10,13-14H2,1H3/t20-/m1/s1. The molecule has 2 heterocycles. The maximum atomic E-state index is 13.5. The molecule has 158 valence electrons. The fourth-order valence-corrected chi connectivity index (χ4v) is 4.22. The van der Waals surface area contributed by atoms with E-state index in [9.17, 15) is 9.59 Å². The van der Waals surface area contributed by atoms with E-state index in [1.54, 1.807) is 12.1 Å². The molecular formula is C23H24ClNO5. The molecule has 30 heavy (non-hydrogen) atoms. The van der Waals surface area contributed by atoms with Crippen molar-refractivity contribution in [3.05, 3.63) is 64.2 Å². The second-order valence-electron chi connectivity index (χ2n) is 7.55. The number of rotatable bonds is 3. The van der Waals surface area contributed by atoms with Gasteiger partial charge in [-0.1, -0.05) is 29.8 Å². The third kappa shape index (κ3) is 4.30. The zero-order chi connectivity index (χ0) is 21.1. The van der Waals surface area contributed by atoms with Crippen LogP contribution in [0.15, 0.2) is 42.5 Å². The Labute approximate surface area is 180 Å². The lowest BCUT2D eigenvalue weighted by Crippen LogP contribution is -2.41. The van der Waals surface area contributed by atoms with Gasteiger partial charge in [0, 0.05) is 29.7 Å². The summed E-state index contributed by atoms with van der Waals surface area (Å²) in [6.07, 6.45) is 1.43. The number of amides is 1. The van der Waals surface area contributed by atoms with E-state index in [0.29, 0.717) is 48.9 Å². The largest absolute Gasteiger partial charge is 0.491 e. The molecule has 0 bridgehead atoms. The van der Waals surface area contributed by atoms with Crippen LogP contribution >= 0.6 is 11.6 Å². The molecule has 6 nitrogen and oxygen atoms in total. The highest BCUT2D eigenvalue weighted by Crippen LogP contribution is 2.35. The number of carbonyl (C=O) groups is 2. The average Bonchev–Trinajstić information content (AvgIpc) is 2.98. The maximum Gasteiger partial charge on any atom is 0.337 e. The molecule has 7 heteroatoms. The molecule has 2 aromatic rings. The maximum absolute atomic E-state index is 13.5. The van der Waals surface area contributed by atoms with E-state index in [4.69, 9.17) is 25.8 Å². The van der Waals surface area contributed by atoms with E-state index in [1.807, 2.05) is 35.2 Å². The number of hydrogen-bond acceptors (Lipinski definition) is 5. The Bertz CT molecular complexity index is 941. The quantitative estimate of drug-likeness (QED) is 0.689. The van der Waals surface area contributed by atoms with Gasteiger partial charge in [-0.05, 0) is 42.7 Å². The molecule has 1 amide bonds. The fraction of sp³-hybridized carbons (Fsp3) is 0.391. The fourth-order valence-electron chi connectivity index (χ4n) is 4.02. The van der Waals surface area contributed by atoms with Gasteiger partial charge in [-0.2, -0.15) is 0 Å². The summed E-state index contributed by atoms with van der Waals surface area (Å²) in [5.74, 6) is 0.187. The zero-order valence-electron chi connectivity index (χ0n) is 16.8. The van der Waals surface area contributed by atoms with E-state index >= 15 is 0 Å². The summed E-state index contributed by atoms with van der Waals surface area (Å²) in [5, 5.41) is 0.612. The van der Waals surface area contributed by atoms with Crippen molar-refractivity contribution in [1.29, 1.82) is 0 Å². The van der Waals surface area contributed by atoms with Crippen LogP contribution in [0.1, 0.15) is 40.4 Å². The van der Waals surface area contributed by atoms with Gasteiger partial charge in [0.25, 0.3) is 0 Å². The number of carbonyl (C=O) groups excluding carboxylic acids is 2. The van der Waals surface area contributed by atoms with Crippen molar-refractivity contribution >= 4 is 23.5 Å². The van der Waals surface area contributed by atoms with Crippen molar-refractivity contribution in [3.63, 3.8) is 0 Å². The predicted octanol–water partition coefficient (Wildman–Crippen LogP) is 4.02. The van der Waals surface area contributed by atoms with Gasteiger partial charge < -0.3 is 19.1 Å². The van der Waals surface area contributed by atoms with Gasteiger partial charge in [0.15, 0.2) is 0 Å². The number of ether oxygens (including phenoxy) is 3. The first-order valence-electron chi connectivity index (χ1n) is 10.0. The molecule has 1 fully saturated rings. The summed E-state index contributed by atoms with van der Waals surface area (Å²) in [7, 11) is 1.35. The van der Waals surface area contributed by atoms with Crippen LogP contribution in [0.3, 0.4) is 0 Å². The third-order valence-corrected chi connectivity index (χ3v) is 5.92. The lowest BCUT2D eigenvalue weighted by Gasteiger charge is -2.34. The SMILES string of the molecule is COC(=O)c1ccc2c(c1)OC[C@H](c1cccc(Cl)c1)N(C(=O)C1CCOCC1)C2. The highest BCUT2D eigenvalue weighted by Gasteiger charge is 2.34. The Morgan fingerprint density at radius 3 is 2.67 bits per heavy atom. The molecule has 0 unspecified atom stereocenters. The van der Waals surface area contributed by atoms with Crippen LogP contribution in [-0.2, 0) is 20.8 Å². The van der Waals surface area contributed by atoms with Crippen molar-refractivity contribution in [3.8, 4) is 5.75 Å². The van der Waals surface area contributed by atoms with Gasteiger partial charge in [-0.3, -0.25) is 4.79 Å². The molecule has 0 spiro atoms. The summed E-state index contributed by atoms with van der Waals surface area (Å²) in [6, 6.07) is 12.4. The van der Waals surface area contributed by atoms with Gasteiger partial charge in [-0.15, -0.1) is 0 Å². The lowest BCUT2D eigenvalue weighted by molar-refractivity contribution is -0.142. The molecule has 1 atom stereocenters. The van der Waals surface area contributed by atoms with Crippen LogP contribution in [0, 0.1) is 5.92 Å². The number of nitrogens with zero attached hydrogens (tertiary/aromatic N) is 1. The topological polar surface area (TPSA) is 65.1 Å². The van der Waals surface area contributed by atoms with Gasteiger partial charge in [-0.25, -0.2) is 4.79 Å². The summed E-state index contributed by atoms with van der Waals surface area (Å²) < 4.78 is 16.3. The molecule has 0 saturated carbocycles. The molecule has 2 aromatic carbocycles. The van der Waals surface area contributed by atoms with Crippen molar-refractivity contribution in [1.82, 2.24) is 4.90 Å². The minimum absolute atomic E-state index is 0.0728. The number of methoxy groups -OCH3 is 1. The Morgan fingerprint density at radius 2 is 1.93 bits per heavy atom. The predicted molar refractivity (Wildman–Crippen MR) is 112 cm³/mol. The summed E-state index contributed by atoms with van der Waals surface area (Å²) >= 11 is 6.23. The van der Waals surface area contributed by atoms with Gasteiger partial charge in [0.05, 0.1) is 25.3 Å². The van der Waals surface area contributed by atoms with Crippen LogP contribution in [0.4, 0.5) is 0 Å². The Morgan fingerprint density at radius 1 is 1.13 bits per heavy atom. The first-order valence-corrected chi connectivity index (χ1v) is 10.4. The van der Waals surface area contributed by atoms with Gasteiger partial charge in [0.2, 0.25) is 5.91 Å². The minimum Gasteiger partial charge on any atom is -0.491 e. The second-order valence-corrected chi connectivity index (χ2v) is 7.99. The first-order chi connectivity index (χ1) is 14.6. The molecule has 2 aliphatic heterocycles. The average molecular weight is 430 g/mol. The third-order valence-electron chi connectivity index (χ3n) is 5.69. The van der Waals surface area contributed by atoms with E-state index in [1.165, 1.54) is 7.11 Å². The molecular weight excluding hydrogens is 406 g/mol. The van der Waals surface area contributed by atoms with Gasteiger partial charge in [0.1, 0.15) is 12.4 Å². The number of benzene rings is 2. The first kappa shape index (κ1) is 20.7. The second kappa shape index (κ2) is 9.06. The molecule has 0 aliphatic carbocycles. The monoisotopic (exact) mass is 429 g/mol. The van der Waals surface area contributed by atoms with Crippen LogP contribution in [0.5, 0.6) is 5.75 Å². The van der Waals surface area contributed by atoms with E-state index in [2.05, 4.69) is 0 Å². The van der Waals surface area contributed by atoms with Crippen molar-refractivity contribution in [2.24, 2.45) is 5.92 Å².